The van der Waals surface area contributed by atoms with Gasteiger partial charge in [0.2, 0.25) is 0 Å². The Labute approximate surface area is 342 Å². The second-order valence-electron chi connectivity index (χ2n) is 17.2. The lowest BCUT2D eigenvalue weighted by Gasteiger charge is -2.31. The Morgan fingerprint density at radius 3 is 2.53 bits per heavy atom. The van der Waals surface area contributed by atoms with Crippen molar-refractivity contribution in [1.82, 2.24) is 0 Å². The van der Waals surface area contributed by atoms with Crippen LogP contribution in [0.4, 0.5) is 0 Å². The maximum absolute atomic E-state index is 13.7. The van der Waals surface area contributed by atoms with E-state index in [9.17, 15) is 25.2 Å². The van der Waals surface area contributed by atoms with Crippen molar-refractivity contribution in [2.75, 3.05) is 6.61 Å². The van der Waals surface area contributed by atoms with E-state index in [0.717, 1.165) is 48.8 Å². The van der Waals surface area contributed by atoms with E-state index in [1.807, 2.05) is 36.4 Å². The summed E-state index contributed by atoms with van der Waals surface area (Å²) in [6, 6.07) is 16.1. The lowest BCUT2D eigenvalue weighted by Crippen LogP contribution is -2.21. The van der Waals surface area contributed by atoms with Gasteiger partial charge in [-0.25, -0.2) is 0 Å². The smallest absolute Gasteiger partial charge is 0.161 e. The van der Waals surface area contributed by atoms with E-state index in [4.69, 9.17) is 16.2 Å². The molecule has 9 nitrogen and oxygen atoms in total. The first-order chi connectivity index (χ1) is 27.9. The zero-order valence-corrected chi connectivity index (χ0v) is 33.5. The van der Waals surface area contributed by atoms with Crippen LogP contribution in [-0.2, 0) is 17.6 Å². The summed E-state index contributed by atoms with van der Waals surface area (Å²) in [6.07, 6.45) is 17.6. The highest BCUT2D eigenvalue weighted by Crippen LogP contribution is 2.49. The van der Waals surface area contributed by atoms with Crippen molar-refractivity contribution in [3.8, 4) is 29.1 Å². The fourth-order valence-electron chi connectivity index (χ4n) is 9.25. The van der Waals surface area contributed by atoms with Crippen LogP contribution in [0.1, 0.15) is 129 Å². The van der Waals surface area contributed by atoms with Crippen LogP contribution >= 0.6 is 0 Å². The van der Waals surface area contributed by atoms with Gasteiger partial charge >= 0.3 is 0 Å². The molecule has 4 aliphatic rings. The minimum absolute atomic E-state index is 0.00901. The number of hydrogen-bond acceptors (Lipinski definition) is 9. The highest BCUT2D eigenvalue weighted by Gasteiger charge is 2.39. The van der Waals surface area contributed by atoms with Gasteiger partial charge in [0.25, 0.3) is 0 Å². The van der Waals surface area contributed by atoms with E-state index >= 15 is 0 Å². The van der Waals surface area contributed by atoms with Crippen molar-refractivity contribution in [3.63, 3.8) is 0 Å². The molecule has 3 aromatic carbocycles. The number of carbonyl (C=O) groups excluding carboxylic acids is 1. The Bertz CT molecular complexity index is 2200. The van der Waals surface area contributed by atoms with Crippen LogP contribution in [0.5, 0.6) is 17.2 Å². The number of benzene rings is 3. The third kappa shape index (κ3) is 9.75. The van der Waals surface area contributed by atoms with Crippen LogP contribution in [0.15, 0.2) is 95.3 Å². The largest absolute Gasteiger partial charge is 0.875 e. The number of aromatic hydroxyl groups is 2. The molecule has 0 saturated heterocycles. The SMILES string of the molecule is CC1(CC[C@@]2(/C=C/C(=O)CCc3ccc(O)c(OCCc4ccc(O)c([C@H]5CC([O-])=C6C=CN=C6CC#Cc6cc(C(N)N)ccc65)c4)c3)CC[C@H](O)C2)CCCC1. The summed E-state index contributed by atoms with van der Waals surface area (Å²) in [6.45, 7) is 2.63. The second-order valence-corrected chi connectivity index (χ2v) is 17.2. The van der Waals surface area contributed by atoms with Crippen molar-refractivity contribution in [2.24, 2.45) is 27.3 Å². The summed E-state index contributed by atoms with van der Waals surface area (Å²) in [4.78, 5) is 17.5. The average Bonchev–Trinajstić information content (AvgIpc) is 3.97. The lowest BCUT2D eigenvalue weighted by molar-refractivity contribution is -0.307. The van der Waals surface area contributed by atoms with E-state index in [0.29, 0.717) is 64.8 Å². The first-order valence-corrected chi connectivity index (χ1v) is 20.8. The fraction of sp³-hybridized carbons (Fsp3) is 0.429. The molecule has 58 heavy (non-hydrogen) atoms. The van der Waals surface area contributed by atoms with Gasteiger partial charge < -0.3 is 36.6 Å². The third-order valence-corrected chi connectivity index (χ3v) is 12.9. The summed E-state index contributed by atoms with van der Waals surface area (Å²) in [5.74, 6) is 6.26. The minimum Gasteiger partial charge on any atom is -0.875 e. The van der Waals surface area contributed by atoms with Crippen molar-refractivity contribution < 1.29 is 30.0 Å². The topological polar surface area (TPSA) is 174 Å². The Hall–Kier alpha value is -5.14. The standard InChI is InChI=1S/C49H57N3O6/c1-48(19-2-3-20-48)23-24-49(22-16-37(54)31-49)21-15-36(53)11-7-32-9-14-44(56)46(28-32)58-26-18-33-8-13-43(55)41(27-33)40-30-45(57)39-17-25-52-42(39)6-4-5-34-29-35(47(50)51)10-12-38(34)40/h8-10,12-15,17,21,25,27-29,37,40,47,54-57H,2-3,6-7,11,16,18-20,22-24,26,30-31,50-51H2,1H3/p-1/b21-15+,45-39?/t37-,40-,49+/m0/s1. The number of phenols is 2. The monoisotopic (exact) mass is 782 g/mol. The molecular formula is C49H56N3O6-. The first-order valence-electron chi connectivity index (χ1n) is 20.8. The normalized spacial score (nSPS) is 22.5. The molecular weight excluding hydrogens is 727 g/mol. The predicted molar refractivity (Wildman–Crippen MR) is 225 cm³/mol. The molecule has 2 fully saturated rings. The summed E-state index contributed by atoms with van der Waals surface area (Å²) < 4.78 is 6.09. The molecule has 0 amide bonds. The molecule has 0 unspecified atom stereocenters. The van der Waals surface area contributed by atoms with Gasteiger partial charge in [0.1, 0.15) is 5.75 Å². The molecule has 0 bridgehead atoms. The summed E-state index contributed by atoms with van der Waals surface area (Å²) in [7, 11) is 0. The molecule has 7 N–H and O–H groups in total. The highest BCUT2D eigenvalue weighted by molar-refractivity contribution is 6.06. The number of nitrogens with two attached hydrogens (primary N) is 2. The number of nitrogens with zero attached hydrogens (tertiary/aromatic N) is 1. The molecule has 0 aromatic heterocycles. The molecule has 3 aliphatic carbocycles. The Morgan fingerprint density at radius 2 is 1.78 bits per heavy atom. The number of ketones is 1. The maximum Gasteiger partial charge on any atom is 0.161 e. The number of aliphatic imine (C=N–C) groups is 1. The molecule has 7 rings (SSSR count). The summed E-state index contributed by atoms with van der Waals surface area (Å²) >= 11 is 0. The molecule has 0 radical (unpaired) electrons. The van der Waals surface area contributed by atoms with Crippen LogP contribution in [0.2, 0.25) is 0 Å². The van der Waals surface area contributed by atoms with Gasteiger partial charge in [-0.2, -0.15) is 0 Å². The van der Waals surface area contributed by atoms with Gasteiger partial charge in [0.05, 0.1) is 31.0 Å². The predicted octanol–water partition coefficient (Wildman–Crippen LogP) is 7.44. The number of hydrogen-bond donors (Lipinski definition) is 5. The zero-order chi connectivity index (χ0) is 40.9. The van der Waals surface area contributed by atoms with Crippen molar-refractivity contribution >= 4 is 11.5 Å². The summed E-state index contributed by atoms with van der Waals surface area (Å²) in [5, 5.41) is 46.0. The fourth-order valence-corrected chi connectivity index (χ4v) is 9.25. The number of rotatable bonds is 14. The molecule has 1 aliphatic heterocycles. The van der Waals surface area contributed by atoms with Crippen LogP contribution < -0.4 is 21.3 Å². The number of aliphatic hydroxyl groups is 1. The number of aliphatic hydroxyl groups excluding tert-OH is 1. The Kier molecular flexibility index (Phi) is 12.6. The number of phenolic OH excluding ortho intramolecular Hbond substituents is 2. The van der Waals surface area contributed by atoms with Crippen LogP contribution in [0, 0.1) is 22.7 Å². The molecule has 304 valence electrons. The number of aryl methyl sites for hydroxylation is 1. The molecule has 9 heteroatoms. The van der Waals surface area contributed by atoms with E-state index in [1.165, 1.54) is 25.7 Å². The maximum atomic E-state index is 13.7. The minimum atomic E-state index is -0.697. The van der Waals surface area contributed by atoms with Crippen molar-refractivity contribution in [3.05, 3.63) is 124 Å². The number of ether oxygens (including phenoxy) is 1. The number of fused-ring (bicyclic) bond motifs is 2. The van der Waals surface area contributed by atoms with Gasteiger partial charge in [-0.05, 0) is 133 Å². The number of carbonyl (C=O) groups is 1. The molecule has 0 spiro atoms. The quantitative estimate of drug-likeness (QED) is 0.0637. The average molecular weight is 783 g/mol. The Balaban J connectivity index is 1.01. The van der Waals surface area contributed by atoms with Gasteiger partial charge in [0.15, 0.2) is 17.3 Å². The third-order valence-electron chi connectivity index (χ3n) is 12.9. The van der Waals surface area contributed by atoms with E-state index in [1.54, 1.807) is 36.6 Å². The van der Waals surface area contributed by atoms with Gasteiger partial charge in [-0.15, -0.1) is 5.76 Å². The summed E-state index contributed by atoms with van der Waals surface area (Å²) in [5.41, 5.74) is 18.0. The number of allylic oxidation sites excluding steroid dienone is 5. The molecule has 1 heterocycles. The van der Waals surface area contributed by atoms with Gasteiger partial charge in [0, 0.05) is 36.1 Å². The highest BCUT2D eigenvalue weighted by atomic mass is 16.5. The van der Waals surface area contributed by atoms with Gasteiger partial charge in [-0.3, -0.25) is 9.79 Å². The first kappa shape index (κ1) is 41.0. The molecule has 3 aromatic rings. The second kappa shape index (κ2) is 17.8. The zero-order valence-electron chi connectivity index (χ0n) is 33.5. The molecule has 3 atom stereocenters. The van der Waals surface area contributed by atoms with E-state index in [2.05, 4.69) is 29.8 Å². The van der Waals surface area contributed by atoms with Crippen molar-refractivity contribution in [2.45, 2.75) is 115 Å². The van der Waals surface area contributed by atoms with E-state index < -0.39 is 12.1 Å². The van der Waals surface area contributed by atoms with Gasteiger partial charge in [-0.1, -0.05) is 68.0 Å². The molecule has 2 saturated carbocycles. The van der Waals surface area contributed by atoms with Crippen LogP contribution in [-0.4, -0.2) is 39.5 Å². The van der Waals surface area contributed by atoms with Crippen LogP contribution in [0.25, 0.3) is 0 Å². The van der Waals surface area contributed by atoms with Crippen molar-refractivity contribution in [1.29, 1.82) is 0 Å². The van der Waals surface area contributed by atoms with E-state index in [-0.39, 0.29) is 47.6 Å². The lowest BCUT2D eigenvalue weighted by atomic mass is 9.74. The Morgan fingerprint density at radius 1 is 1.00 bits per heavy atom. The van der Waals surface area contributed by atoms with Crippen LogP contribution in [0.3, 0.4) is 0 Å².